The van der Waals surface area contributed by atoms with E-state index in [1.54, 1.807) is 7.11 Å². The molecule has 0 amide bonds. The van der Waals surface area contributed by atoms with Crippen molar-refractivity contribution >= 4 is 0 Å². The predicted octanol–water partition coefficient (Wildman–Crippen LogP) is 2.44. The van der Waals surface area contributed by atoms with Gasteiger partial charge in [-0.25, -0.2) is 0 Å². The van der Waals surface area contributed by atoms with E-state index in [9.17, 15) is 0 Å². The summed E-state index contributed by atoms with van der Waals surface area (Å²) in [6.07, 6.45) is 2.51. The van der Waals surface area contributed by atoms with Crippen LogP contribution in [-0.4, -0.2) is 25.8 Å². The summed E-state index contributed by atoms with van der Waals surface area (Å²) in [4.78, 5) is 0. The third-order valence-corrected chi connectivity index (χ3v) is 2.53. The van der Waals surface area contributed by atoms with Crippen LogP contribution in [0, 0.1) is 5.92 Å². The van der Waals surface area contributed by atoms with Gasteiger partial charge in [0.05, 0.1) is 6.61 Å². The molecule has 2 nitrogen and oxygen atoms in total. The second-order valence-electron chi connectivity index (χ2n) is 4.38. The first kappa shape index (κ1) is 12.9. The Morgan fingerprint density at radius 3 is 2.15 bits per heavy atom. The molecule has 1 N–H and O–H groups in total. The van der Waals surface area contributed by atoms with Crippen molar-refractivity contribution in [2.75, 3.05) is 20.3 Å². The highest BCUT2D eigenvalue weighted by molar-refractivity contribution is 4.77. The first-order valence-corrected chi connectivity index (χ1v) is 5.29. The molecule has 0 radical (unpaired) electrons. The van der Waals surface area contributed by atoms with Crippen LogP contribution in [0.5, 0.6) is 0 Å². The fourth-order valence-electron chi connectivity index (χ4n) is 1.41. The number of rotatable bonds is 7. The van der Waals surface area contributed by atoms with Crippen LogP contribution in [-0.2, 0) is 4.74 Å². The molecular weight excluding hydrogens is 162 g/mol. The zero-order valence-corrected chi connectivity index (χ0v) is 9.81. The highest BCUT2D eigenvalue weighted by atomic mass is 16.5. The van der Waals surface area contributed by atoms with Gasteiger partial charge in [0.2, 0.25) is 0 Å². The van der Waals surface area contributed by atoms with Crippen molar-refractivity contribution in [2.45, 2.75) is 46.1 Å². The lowest BCUT2D eigenvalue weighted by Crippen LogP contribution is -2.45. The third-order valence-electron chi connectivity index (χ3n) is 2.53. The molecule has 2 heteroatoms. The molecule has 0 aromatic heterocycles. The largest absolute Gasteiger partial charge is 0.383 e. The molecular formula is C11H25NO. The standard InChI is InChI=1S/C11H25NO/c1-6-10(7-2)8-12-11(3,4)9-13-5/h10,12H,6-9H2,1-5H3. The minimum atomic E-state index is 0.108. The maximum atomic E-state index is 5.14. The first-order chi connectivity index (χ1) is 6.05. The lowest BCUT2D eigenvalue weighted by atomic mass is 10.0. The van der Waals surface area contributed by atoms with Crippen molar-refractivity contribution in [3.63, 3.8) is 0 Å². The van der Waals surface area contributed by atoms with Gasteiger partial charge in [0, 0.05) is 12.6 Å². The normalized spacial score (nSPS) is 12.5. The summed E-state index contributed by atoms with van der Waals surface area (Å²) < 4.78 is 5.14. The van der Waals surface area contributed by atoms with Crippen molar-refractivity contribution in [2.24, 2.45) is 5.92 Å². The molecule has 13 heavy (non-hydrogen) atoms. The van der Waals surface area contributed by atoms with E-state index in [1.807, 2.05) is 0 Å². The molecule has 80 valence electrons. The Bertz CT molecular complexity index is 119. The lowest BCUT2D eigenvalue weighted by Gasteiger charge is -2.27. The SMILES string of the molecule is CCC(CC)CNC(C)(C)COC. The molecule has 0 fully saturated rings. The van der Waals surface area contributed by atoms with Crippen molar-refractivity contribution in [3.05, 3.63) is 0 Å². The molecule has 0 atom stereocenters. The van der Waals surface area contributed by atoms with E-state index >= 15 is 0 Å². The van der Waals surface area contributed by atoms with Crippen LogP contribution < -0.4 is 5.32 Å². The van der Waals surface area contributed by atoms with E-state index in [1.165, 1.54) is 12.8 Å². The van der Waals surface area contributed by atoms with Gasteiger partial charge in [0.25, 0.3) is 0 Å². The van der Waals surface area contributed by atoms with Gasteiger partial charge >= 0.3 is 0 Å². The zero-order chi connectivity index (χ0) is 10.3. The van der Waals surface area contributed by atoms with Crippen LogP contribution in [0.4, 0.5) is 0 Å². The van der Waals surface area contributed by atoms with Gasteiger partial charge in [0.1, 0.15) is 0 Å². The average Bonchev–Trinajstić information content (AvgIpc) is 2.06. The Hall–Kier alpha value is -0.0800. The number of hydrogen-bond donors (Lipinski definition) is 1. The summed E-state index contributed by atoms with van der Waals surface area (Å²) in [6, 6.07) is 0. The van der Waals surface area contributed by atoms with Gasteiger partial charge in [-0.05, 0) is 26.3 Å². The summed E-state index contributed by atoms with van der Waals surface area (Å²) in [5.41, 5.74) is 0.108. The predicted molar refractivity (Wildman–Crippen MR) is 58.0 cm³/mol. The Balaban J connectivity index is 3.71. The van der Waals surface area contributed by atoms with E-state index in [4.69, 9.17) is 4.74 Å². The second kappa shape index (κ2) is 6.39. The van der Waals surface area contributed by atoms with Gasteiger partial charge < -0.3 is 10.1 Å². The fraction of sp³-hybridized carbons (Fsp3) is 1.00. The first-order valence-electron chi connectivity index (χ1n) is 5.29. The molecule has 0 aliphatic heterocycles. The van der Waals surface area contributed by atoms with E-state index in [-0.39, 0.29) is 5.54 Å². The van der Waals surface area contributed by atoms with Crippen molar-refractivity contribution in [1.82, 2.24) is 5.32 Å². The molecule has 0 bridgehead atoms. The van der Waals surface area contributed by atoms with E-state index in [0.29, 0.717) is 0 Å². The summed E-state index contributed by atoms with van der Waals surface area (Å²) in [5.74, 6) is 0.802. The summed E-state index contributed by atoms with van der Waals surface area (Å²) in [6.45, 7) is 10.7. The number of methoxy groups -OCH3 is 1. The van der Waals surface area contributed by atoms with Crippen LogP contribution in [0.15, 0.2) is 0 Å². The van der Waals surface area contributed by atoms with Crippen LogP contribution in [0.25, 0.3) is 0 Å². The molecule has 0 aromatic rings. The summed E-state index contributed by atoms with van der Waals surface area (Å²) in [5, 5.41) is 3.54. The molecule has 0 heterocycles. The van der Waals surface area contributed by atoms with Crippen molar-refractivity contribution in [1.29, 1.82) is 0 Å². The molecule has 0 unspecified atom stereocenters. The van der Waals surface area contributed by atoms with Gasteiger partial charge in [-0.3, -0.25) is 0 Å². The van der Waals surface area contributed by atoms with Crippen LogP contribution >= 0.6 is 0 Å². The molecule has 0 aliphatic carbocycles. The minimum Gasteiger partial charge on any atom is -0.383 e. The highest BCUT2D eigenvalue weighted by Crippen LogP contribution is 2.09. The highest BCUT2D eigenvalue weighted by Gasteiger charge is 2.17. The minimum absolute atomic E-state index is 0.108. The van der Waals surface area contributed by atoms with Gasteiger partial charge in [0.15, 0.2) is 0 Å². The molecule has 0 aromatic carbocycles. The van der Waals surface area contributed by atoms with Crippen molar-refractivity contribution in [3.8, 4) is 0 Å². The third kappa shape index (κ3) is 6.05. The number of nitrogens with one attached hydrogen (secondary N) is 1. The Kier molecular flexibility index (Phi) is 6.35. The quantitative estimate of drug-likeness (QED) is 0.661. The maximum Gasteiger partial charge on any atom is 0.0639 e. The van der Waals surface area contributed by atoms with E-state index in [0.717, 1.165) is 19.1 Å². The Morgan fingerprint density at radius 2 is 1.77 bits per heavy atom. The van der Waals surface area contributed by atoms with Gasteiger partial charge in [-0.15, -0.1) is 0 Å². The summed E-state index contributed by atoms with van der Waals surface area (Å²) in [7, 11) is 1.75. The topological polar surface area (TPSA) is 21.3 Å². The second-order valence-corrected chi connectivity index (χ2v) is 4.38. The molecule has 0 spiro atoms. The van der Waals surface area contributed by atoms with E-state index < -0.39 is 0 Å². The summed E-state index contributed by atoms with van der Waals surface area (Å²) >= 11 is 0. The molecule has 0 aliphatic rings. The van der Waals surface area contributed by atoms with Gasteiger partial charge in [-0.1, -0.05) is 26.7 Å². The molecule has 0 rings (SSSR count). The van der Waals surface area contributed by atoms with Crippen molar-refractivity contribution < 1.29 is 4.74 Å². The maximum absolute atomic E-state index is 5.14. The average molecular weight is 187 g/mol. The monoisotopic (exact) mass is 187 g/mol. The van der Waals surface area contributed by atoms with Crippen LogP contribution in [0.1, 0.15) is 40.5 Å². The lowest BCUT2D eigenvalue weighted by molar-refractivity contribution is 0.125. The Labute approximate surface area is 83.1 Å². The zero-order valence-electron chi connectivity index (χ0n) is 9.81. The number of ether oxygens (including phenoxy) is 1. The van der Waals surface area contributed by atoms with Gasteiger partial charge in [-0.2, -0.15) is 0 Å². The Morgan fingerprint density at radius 1 is 1.23 bits per heavy atom. The molecule has 0 saturated heterocycles. The number of hydrogen-bond acceptors (Lipinski definition) is 2. The molecule has 0 saturated carbocycles. The van der Waals surface area contributed by atoms with Crippen LogP contribution in [0.2, 0.25) is 0 Å². The van der Waals surface area contributed by atoms with E-state index in [2.05, 4.69) is 33.0 Å². The fourth-order valence-corrected chi connectivity index (χ4v) is 1.41. The van der Waals surface area contributed by atoms with Crippen LogP contribution in [0.3, 0.4) is 0 Å². The smallest absolute Gasteiger partial charge is 0.0639 e.